The number of rotatable bonds is 5. The van der Waals surface area contributed by atoms with Gasteiger partial charge in [-0.2, -0.15) is 0 Å². The Labute approximate surface area is 236 Å². The molecule has 0 saturated heterocycles. The van der Waals surface area contributed by atoms with Crippen LogP contribution >= 0.6 is 11.8 Å². The summed E-state index contributed by atoms with van der Waals surface area (Å²) in [6.45, 7) is 0. The first-order valence-corrected chi connectivity index (χ1v) is 11.9. The Balaban J connectivity index is 0.000000399. The Bertz CT molecular complexity index is 637. The van der Waals surface area contributed by atoms with Crippen LogP contribution in [0.1, 0.15) is 5.56 Å². The first kappa shape index (κ1) is 32.1. The van der Waals surface area contributed by atoms with E-state index in [1.54, 1.807) is 11.8 Å². The zero-order valence-corrected chi connectivity index (χ0v) is 22.1. The summed E-state index contributed by atoms with van der Waals surface area (Å²) in [6.07, 6.45) is 41.4. The molecule has 4 fully saturated rings. The minimum Gasteiger partial charge on any atom is -0.137 e. The van der Waals surface area contributed by atoms with Crippen LogP contribution in [0, 0.1) is 127 Å². The van der Waals surface area contributed by atoms with Crippen LogP contribution < -0.4 is 0 Å². The van der Waals surface area contributed by atoms with E-state index in [2.05, 4.69) is 99.4 Å². The number of allylic oxidation sites excluding steroid dienone is 2. The van der Waals surface area contributed by atoms with Gasteiger partial charge in [0.05, 0.1) is 0 Å². The summed E-state index contributed by atoms with van der Waals surface area (Å²) in [7, 11) is 0. The molecule has 5 rings (SSSR count). The van der Waals surface area contributed by atoms with Gasteiger partial charge in [-0.05, 0) is 144 Å². The Morgan fingerprint density at radius 2 is 0.912 bits per heavy atom. The van der Waals surface area contributed by atoms with Gasteiger partial charge < -0.3 is 0 Å². The average molecular weight is 544 g/mol. The van der Waals surface area contributed by atoms with E-state index in [1.807, 2.05) is 64.2 Å². The van der Waals surface area contributed by atoms with E-state index in [-0.39, 0.29) is 34.1 Å². The van der Waals surface area contributed by atoms with Crippen molar-refractivity contribution in [1.29, 1.82) is 0 Å². The average Bonchev–Trinajstić information content (AvgIpc) is 3.65. The minimum atomic E-state index is 0. The maximum Gasteiger partial charge on any atom is 2.00 e. The fourth-order valence-corrected chi connectivity index (χ4v) is 3.68. The van der Waals surface area contributed by atoms with Crippen LogP contribution in [-0.2, 0) is 34.1 Å². The van der Waals surface area contributed by atoms with Gasteiger partial charge in [-0.15, -0.1) is 11.8 Å². The molecule has 1 aromatic carbocycles. The molecule has 3 heteroatoms. The van der Waals surface area contributed by atoms with E-state index in [0.29, 0.717) is 0 Å². The molecule has 0 spiro atoms. The minimum absolute atomic E-state index is 0. The zero-order chi connectivity index (χ0) is 22.3. The van der Waals surface area contributed by atoms with Gasteiger partial charge in [0.15, 0.2) is 0 Å². The SMILES string of the molecule is CS/C=C([C]1[CH][CH][CH][CH]1)\C(=C/c1ccccc1)[C]1[CH][CH][CH][CH]1.[CH]1[CH][CH][CH][CH]1.[CH]1[CH][CH][CH][CH]1.[Fe+2].[Fe+2]. The number of hydrogen-bond acceptors (Lipinski definition) is 1. The van der Waals surface area contributed by atoms with Crippen molar-refractivity contribution in [3.63, 3.8) is 0 Å². The molecule has 4 saturated carbocycles. The Hall–Kier alpha value is 0.0890. The number of hydrogen-bond donors (Lipinski definition) is 0. The van der Waals surface area contributed by atoms with Gasteiger partial charge in [0.25, 0.3) is 0 Å². The van der Waals surface area contributed by atoms with Gasteiger partial charge in [0, 0.05) is 11.8 Å². The molecule has 20 radical (unpaired) electrons. The van der Waals surface area contributed by atoms with Crippen LogP contribution in [0.3, 0.4) is 0 Å². The largest absolute Gasteiger partial charge is 2.00 e. The number of benzene rings is 1. The predicted octanol–water partition coefficient (Wildman–Crippen LogP) is 7.17. The van der Waals surface area contributed by atoms with Crippen molar-refractivity contribution in [1.82, 2.24) is 0 Å². The second-order valence-electron chi connectivity index (χ2n) is 7.01. The predicted molar refractivity (Wildman–Crippen MR) is 140 cm³/mol. The molecule has 0 N–H and O–H groups in total. The monoisotopic (exact) mass is 544 g/mol. The molecular weight excluding hydrogens is 516 g/mol. The van der Waals surface area contributed by atoms with E-state index in [0.717, 1.165) is 0 Å². The van der Waals surface area contributed by atoms with Crippen LogP contribution in [0.2, 0.25) is 0 Å². The smallest absolute Gasteiger partial charge is 0.137 e. The third kappa shape index (κ3) is 11.9. The summed E-state index contributed by atoms with van der Waals surface area (Å²) < 4.78 is 0. The summed E-state index contributed by atoms with van der Waals surface area (Å²) in [6, 6.07) is 10.5. The van der Waals surface area contributed by atoms with E-state index in [9.17, 15) is 0 Å². The fraction of sp³-hybridized carbons (Fsp3) is 0.0323. The quantitative estimate of drug-likeness (QED) is 0.280. The van der Waals surface area contributed by atoms with Gasteiger partial charge in [0.1, 0.15) is 0 Å². The molecule has 0 atom stereocenters. The Morgan fingerprint density at radius 3 is 1.29 bits per heavy atom. The maximum atomic E-state index is 2.27. The molecule has 0 amide bonds. The molecule has 4 aliphatic carbocycles. The molecule has 4 aliphatic rings. The molecule has 0 unspecified atom stereocenters. The van der Waals surface area contributed by atoms with Crippen molar-refractivity contribution >= 4 is 17.8 Å². The maximum absolute atomic E-state index is 2.27. The van der Waals surface area contributed by atoms with Gasteiger partial charge in [-0.3, -0.25) is 0 Å². The third-order valence-corrected chi connectivity index (χ3v) is 5.17. The summed E-state index contributed by atoms with van der Waals surface area (Å²) in [5, 5.41) is 2.23. The van der Waals surface area contributed by atoms with Crippen molar-refractivity contribution in [2.24, 2.45) is 0 Å². The molecule has 34 heavy (non-hydrogen) atoms. The molecule has 0 heterocycles. The molecule has 170 valence electrons. The van der Waals surface area contributed by atoms with Crippen LogP contribution in [0.15, 0.2) is 46.9 Å². The molecule has 0 bridgehead atoms. The van der Waals surface area contributed by atoms with Crippen LogP contribution in [-0.4, -0.2) is 6.26 Å². The van der Waals surface area contributed by atoms with Crippen LogP contribution in [0.5, 0.6) is 0 Å². The van der Waals surface area contributed by atoms with Crippen LogP contribution in [0.4, 0.5) is 0 Å². The number of thioether (sulfide) groups is 1. The summed E-state index contributed by atoms with van der Waals surface area (Å²) >= 11 is 1.74. The van der Waals surface area contributed by atoms with Crippen molar-refractivity contribution in [3.8, 4) is 0 Å². The van der Waals surface area contributed by atoms with Crippen molar-refractivity contribution in [3.05, 3.63) is 180 Å². The van der Waals surface area contributed by atoms with Gasteiger partial charge >= 0.3 is 34.1 Å². The third-order valence-electron chi connectivity index (χ3n) is 4.69. The normalized spacial score (nSPS) is 21.1. The molecule has 0 nitrogen and oxygen atoms in total. The van der Waals surface area contributed by atoms with Crippen molar-refractivity contribution in [2.75, 3.05) is 6.26 Å². The summed E-state index contributed by atoms with van der Waals surface area (Å²) in [5.41, 5.74) is 3.75. The van der Waals surface area contributed by atoms with Gasteiger partial charge in [-0.1, -0.05) is 36.4 Å². The van der Waals surface area contributed by atoms with Crippen LogP contribution in [0.25, 0.3) is 6.08 Å². The Kier molecular flexibility index (Phi) is 19.1. The molecule has 0 aromatic heterocycles. The topological polar surface area (TPSA) is 0 Å². The van der Waals surface area contributed by atoms with E-state index in [1.165, 1.54) is 28.5 Å². The zero-order valence-electron chi connectivity index (χ0n) is 19.0. The second-order valence-corrected chi connectivity index (χ2v) is 7.71. The van der Waals surface area contributed by atoms with E-state index in [4.69, 9.17) is 0 Å². The summed E-state index contributed by atoms with van der Waals surface area (Å²) in [5.74, 6) is 2.52. The van der Waals surface area contributed by atoms with E-state index < -0.39 is 0 Å². The molecule has 1 aromatic rings. The van der Waals surface area contributed by atoms with Gasteiger partial charge in [-0.25, -0.2) is 0 Å². The van der Waals surface area contributed by atoms with Gasteiger partial charge in [0.2, 0.25) is 0 Å². The Morgan fingerprint density at radius 1 is 0.529 bits per heavy atom. The first-order valence-electron chi connectivity index (χ1n) is 10.7. The standard InChI is InChI=1S/C21H18S.2C5H5.2Fe/c1-22-16-21(19-13-7-8-14-19)20(18-11-5-6-12-18)15-17-9-3-2-4-10-17;2*1-2-4-5-3-1;;/h2-16H,1H3;2*1-5H;;/q;;;2*+2/b20-15-,21-16-;;;;. The van der Waals surface area contributed by atoms with E-state index >= 15 is 0 Å². The summed E-state index contributed by atoms with van der Waals surface area (Å²) in [4.78, 5) is 0. The molecular formula is C31H28Fe2S+4. The first-order chi connectivity index (χ1) is 15.9. The van der Waals surface area contributed by atoms with Crippen molar-refractivity contribution < 1.29 is 34.1 Å². The second kappa shape index (κ2) is 20.2. The fourth-order valence-electron chi connectivity index (χ4n) is 3.19. The van der Waals surface area contributed by atoms with Crippen molar-refractivity contribution in [2.45, 2.75) is 0 Å². The molecule has 0 aliphatic heterocycles.